The van der Waals surface area contributed by atoms with Crippen LogP contribution in [-0.2, 0) is 0 Å². The zero-order valence-corrected chi connectivity index (χ0v) is 7.54. The molecule has 2 rings (SSSR count). The van der Waals surface area contributed by atoms with Gasteiger partial charge in [0.15, 0.2) is 0 Å². The van der Waals surface area contributed by atoms with E-state index in [1.807, 2.05) is 0 Å². The molecule has 1 nitrogen and oxygen atoms in total. The maximum absolute atomic E-state index is 12.7. The second-order valence-corrected chi connectivity index (χ2v) is 3.33. The monoisotopic (exact) mass is 180 g/mol. The standard InChI is InChI=1S/C11H14FN/c12-10-4-6-11(7-5-10)13-8-2-1-3-9-13/h4-7H,1-3,8-9H2/i1D. The number of rotatable bonds is 1. The lowest BCUT2D eigenvalue weighted by molar-refractivity contribution is 0.576. The number of nitrogens with zero attached hydrogens (tertiary/aromatic N) is 1. The molecule has 1 fully saturated rings. The quantitative estimate of drug-likeness (QED) is 0.642. The first-order chi connectivity index (χ1) is 6.75. The van der Waals surface area contributed by atoms with Crippen LogP contribution in [0.4, 0.5) is 10.1 Å². The first kappa shape index (κ1) is 7.36. The Bertz CT molecular complexity index is 291. The molecule has 1 aromatic rings. The van der Waals surface area contributed by atoms with Crippen LogP contribution in [0.3, 0.4) is 0 Å². The van der Waals surface area contributed by atoms with Crippen molar-refractivity contribution in [3.63, 3.8) is 0 Å². The van der Waals surface area contributed by atoms with E-state index < -0.39 is 0 Å². The predicted octanol–water partition coefficient (Wildman–Crippen LogP) is 2.82. The van der Waals surface area contributed by atoms with Gasteiger partial charge in [0.2, 0.25) is 0 Å². The molecule has 0 amide bonds. The molecule has 0 spiro atoms. The molecule has 0 radical (unpaired) electrons. The summed E-state index contributed by atoms with van der Waals surface area (Å²) in [7, 11) is 0. The zero-order chi connectivity index (χ0) is 9.97. The van der Waals surface area contributed by atoms with E-state index in [4.69, 9.17) is 1.37 Å². The van der Waals surface area contributed by atoms with Crippen LogP contribution in [0.5, 0.6) is 0 Å². The smallest absolute Gasteiger partial charge is 0.123 e. The number of halogens is 1. The minimum absolute atomic E-state index is 0.0895. The Morgan fingerprint density at radius 1 is 1.15 bits per heavy atom. The van der Waals surface area contributed by atoms with E-state index in [2.05, 4.69) is 4.90 Å². The lowest BCUT2D eigenvalue weighted by Crippen LogP contribution is -2.29. The van der Waals surface area contributed by atoms with E-state index in [1.54, 1.807) is 12.1 Å². The summed E-state index contributed by atoms with van der Waals surface area (Å²) in [5, 5.41) is 0. The molecule has 0 aromatic heterocycles. The normalized spacial score (nSPS) is 20.1. The molecule has 0 aliphatic carbocycles. The van der Waals surface area contributed by atoms with Gasteiger partial charge in [0.1, 0.15) is 5.82 Å². The van der Waals surface area contributed by atoms with E-state index in [-0.39, 0.29) is 12.2 Å². The highest BCUT2D eigenvalue weighted by Gasteiger charge is 2.09. The van der Waals surface area contributed by atoms with Crippen molar-refractivity contribution in [2.24, 2.45) is 0 Å². The Kier molecular flexibility index (Phi) is 2.14. The fourth-order valence-electron chi connectivity index (χ4n) is 1.66. The van der Waals surface area contributed by atoms with Crippen LogP contribution >= 0.6 is 0 Å². The summed E-state index contributed by atoms with van der Waals surface area (Å²) in [6.07, 6.45) is 1.92. The van der Waals surface area contributed by atoms with Gasteiger partial charge in [-0.3, -0.25) is 0 Å². The minimum atomic E-state index is -0.191. The van der Waals surface area contributed by atoms with Gasteiger partial charge in [0, 0.05) is 20.1 Å². The van der Waals surface area contributed by atoms with Crippen LogP contribution in [0.15, 0.2) is 24.3 Å². The van der Waals surface area contributed by atoms with E-state index in [1.165, 1.54) is 12.1 Å². The van der Waals surface area contributed by atoms with Gasteiger partial charge in [-0.15, -0.1) is 0 Å². The van der Waals surface area contributed by atoms with Crippen LogP contribution in [0.2, 0.25) is 0 Å². The van der Waals surface area contributed by atoms with Gasteiger partial charge in [0.05, 0.1) is 0 Å². The van der Waals surface area contributed by atoms with Crippen molar-refractivity contribution in [1.29, 1.82) is 0 Å². The fraction of sp³-hybridized carbons (Fsp3) is 0.455. The van der Waals surface area contributed by atoms with E-state index in [9.17, 15) is 4.39 Å². The molecule has 0 bridgehead atoms. The third-order valence-corrected chi connectivity index (χ3v) is 2.40. The van der Waals surface area contributed by atoms with E-state index in [0.717, 1.165) is 31.6 Å². The molecule has 1 heterocycles. The molecule has 0 atom stereocenters. The molecular weight excluding hydrogens is 165 g/mol. The topological polar surface area (TPSA) is 3.24 Å². The first-order valence-corrected chi connectivity index (χ1v) is 4.68. The van der Waals surface area contributed by atoms with Crippen molar-refractivity contribution >= 4 is 5.69 Å². The van der Waals surface area contributed by atoms with Gasteiger partial charge < -0.3 is 4.90 Å². The average Bonchev–Trinajstić information content (AvgIpc) is 2.21. The van der Waals surface area contributed by atoms with Crippen molar-refractivity contribution in [2.45, 2.75) is 19.2 Å². The minimum Gasteiger partial charge on any atom is -0.372 e. The van der Waals surface area contributed by atoms with E-state index in [0.29, 0.717) is 0 Å². The Balaban J connectivity index is 2.05. The Morgan fingerprint density at radius 3 is 2.38 bits per heavy atom. The third-order valence-electron chi connectivity index (χ3n) is 2.40. The van der Waals surface area contributed by atoms with Crippen molar-refractivity contribution in [2.75, 3.05) is 18.0 Å². The van der Waals surface area contributed by atoms with Crippen LogP contribution in [0, 0.1) is 5.82 Å². The van der Waals surface area contributed by atoms with E-state index >= 15 is 0 Å². The van der Waals surface area contributed by atoms with Crippen molar-refractivity contribution in [3.8, 4) is 0 Å². The molecular formula is C11H14FN. The first-order valence-electron chi connectivity index (χ1n) is 5.26. The molecule has 13 heavy (non-hydrogen) atoms. The molecule has 70 valence electrons. The summed E-state index contributed by atoms with van der Waals surface area (Å²) >= 11 is 0. The lowest BCUT2D eigenvalue weighted by atomic mass is 10.1. The Labute approximate surface area is 79.6 Å². The van der Waals surface area contributed by atoms with Gasteiger partial charge in [0.25, 0.3) is 0 Å². The van der Waals surface area contributed by atoms with Gasteiger partial charge in [-0.1, -0.05) is 0 Å². The zero-order valence-electron chi connectivity index (χ0n) is 8.54. The van der Waals surface area contributed by atoms with Crippen molar-refractivity contribution in [3.05, 3.63) is 30.1 Å². The van der Waals surface area contributed by atoms with Gasteiger partial charge >= 0.3 is 0 Å². The largest absolute Gasteiger partial charge is 0.372 e. The second kappa shape index (κ2) is 3.77. The molecule has 1 saturated heterocycles. The predicted molar refractivity (Wildman–Crippen MR) is 52.5 cm³/mol. The highest BCUT2D eigenvalue weighted by atomic mass is 19.1. The van der Waals surface area contributed by atoms with Crippen LogP contribution in [0.25, 0.3) is 0 Å². The van der Waals surface area contributed by atoms with Crippen LogP contribution in [-0.4, -0.2) is 13.1 Å². The van der Waals surface area contributed by atoms with Crippen molar-refractivity contribution in [1.82, 2.24) is 0 Å². The summed E-state index contributed by atoms with van der Waals surface area (Å²) < 4.78 is 20.2. The number of piperidine rings is 1. The molecule has 1 aliphatic heterocycles. The molecule has 0 unspecified atom stereocenters. The van der Waals surface area contributed by atoms with Crippen LogP contribution < -0.4 is 4.90 Å². The maximum atomic E-state index is 12.7. The Morgan fingerprint density at radius 2 is 1.77 bits per heavy atom. The average molecular weight is 180 g/mol. The van der Waals surface area contributed by atoms with Gasteiger partial charge in [-0.25, -0.2) is 4.39 Å². The third kappa shape index (κ3) is 2.00. The van der Waals surface area contributed by atoms with Gasteiger partial charge in [-0.2, -0.15) is 0 Å². The fourth-order valence-corrected chi connectivity index (χ4v) is 1.66. The second-order valence-electron chi connectivity index (χ2n) is 3.33. The highest BCUT2D eigenvalue weighted by Crippen LogP contribution is 2.19. The number of benzene rings is 1. The molecule has 1 aliphatic rings. The van der Waals surface area contributed by atoms with Crippen LogP contribution in [0.1, 0.15) is 20.6 Å². The van der Waals surface area contributed by atoms with Gasteiger partial charge in [-0.05, 0) is 43.5 Å². The summed E-state index contributed by atoms with van der Waals surface area (Å²) in [4.78, 5) is 2.21. The number of hydrogen-bond donors (Lipinski definition) is 0. The highest BCUT2D eigenvalue weighted by molar-refractivity contribution is 5.46. The maximum Gasteiger partial charge on any atom is 0.123 e. The molecule has 0 saturated carbocycles. The molecule has 1 aromatic carbocycles. The van der Waals surface area contributed by atoms with Crippen molar-refractivity contribution < 1.29 is 5.76 Å². The SMILES string of the molecule is [2H]C1CCN(c2ccc(F)cc2)CC1. The Hall–Kier alpha value is -1.05. The number of hydrogen-bond acceptors (Lipinski definition) is 1. The molecule has 2 heteroatoms. The lowest BCUT2D eigenvalue weighted by Gasteiger charge is -2.28. The summed E-state index contributed by atoms with van der Waals surface area (Å²) in [6, 6.07) is 6.59. The number of anilines is 1. The molecule has 0 N–H and O–H groups in total. The summed E-state index contributed by atoms with van der Waals surface area (Å²) in [6.45, 7) is 1.83. The summed E-state index contributed by atoms with van der Waals surface area (Å²) in [5.74, 6) is -0.191. The summed E-state index contributed by atoms with van der Waals surface area (Å²) in [5.41, 5.74) is 1.07.